The molecule has 4 aromatic carbocycles. The second-order valence-corrected chi connectivity index (χ2v) is 8.49. The van der Waals surface area contributed by atoms with Crippen LogP contribution in [0.1, 0.15) is 54.9 Å². The van der Waals surface area contributed by atoms with E-state index in [-0.39, 0.29) is 5.82 Å². The van der Waals surface area contributed by atoms with Crippen LogP contribution in [0, 0.1) is 24.6 Å². The minimum Gasteiger partial charge on any atom is -0.205 e. The predicted molar refractivity (Wildman–Crippen MR) is 134 cm³/mol. The van der Waals surface area contributed by atoms with Gasteiger partial charge in [-0.2, -0.15) is 0 Å². The van der Waals surface area contributed by atoms with E-state index in [9.17, 15) is 0 Å². The van der Waals surface area contributed by atoms with Crippen molar-refractivity contribution in [1.82, 2.24) is 0 Å². The van der Waals surface area contributed by atoms with E-state index in [2.05, 4.69) is 74.2 Å². The normalized spacial score (nSPS) is 10.7. The van der Waals surface area contributed by atoms with Crippen molar-refractivity contribution >= 4 is 10.8 Å². The molecule has 0 radical (unpaired) electrons. The van der Waals surface area contributed by atoms with Crippen molar-refractivity contribution in [2.24, 2.45) is 0 Å². The number of halogens is 1. The standard InChI is InChI=1S/C31H29F/c1-3-4-5-6-7-25-13-21-30-29(22-25)20-19-28(31(30)32)18-12-24-10-16-27(17-11-24)26-14-8-23(2)9-15-26/h8-11,13-17,19-22H,3-7H2,1-2H3. The summed E-state index contributed by atoms with van der Waals surface area (Å²) in [5, 5.41) is 1.59. The Hall–Kier alpha value is -3.37. The van der Waals surface area contributed by atoms with Crippen LogP contribution in [0.3, 0.4) is 0 Å². The highest BCUT2D eigenvalue weighted by atomic mass is 19.1. The first-order valence-electron chi connectivity index (χ1n) is 11.5. The fourth-order valence-electron chi connectivity index (χ4n) is 3.98. The highest BCUT2D eigenvalue weighted by Crippen LogP contribution is 2.24. The van der Waals surface area contributed by atoms with Crippen molar-refractivity contribution in [2.75, 3.05) is 0 Å². The molecule has 0 unspecified atom stereocenters. The van der Waals surface area contributed by atoms with Crippen LogP contribution in [0.5, 0.6) is 0 Å². The summed E-state index contributed by atoms with van der Waals surface area (Å²) in [5.41, 5.74) is 6.18. The Bertz CT molecular complexity index is 1250. The molecule has 0 fully saturated rings. The largest absolute Gasteiger partial charge is 0.205 e. The predicted octanol–water partition coefficient (Wildman–Crippen LogP) is 8.48. The molecule has 0 saturated heterocycles. The zero-order valence-corrected chi connectivity index (χ0v) is 18.9. The molecule has 0 aliphatic rings. The van der Waals surface area contributed by atoms with Crippen LogP contribution in [0.4, 0.5) is 4.39 Å². The number of unbranched alkanes of at least 4 members (excludes halogenated alkanes) is 3. The maximum atomic E-state index is 15.1. The second-order valence-electron chi connectivity index (χ2n) is 8.49. The molecule has 0 aliphatic heterocycles. The van der Waals surface area contributed by atoms with Gasteiger partial charge in [0, 0.05) is 10.9 Å². The molecular formula is C31H29F. The summed E-state index contributed by atoms with van der Waals surface area (Å²) in [6.45, 7) is 4.31. The van der Waals surface area contributed by atoms with Crippen molar-refractivity contribution < 1.29 is 4.39 Å². The molecule has 32 heavy (non-hydrogen) atoms. The molecule has 0 nitrogen and oxygen atoms in total. The Kier molecular flexibility index (Phi) is 7.03. The van der Waals surface area contributed by atoms with Crippen molar-refractivity contribution in [3.63, 3.8) is 0 Å². The lowest BCUT2D eigenvalue weighted by molar-refractivity contribution is 0.636. The molecule has 0 bridgehead atoms. The Morgan fingerprint density at radius 1 is 0.719 bits per heavy atom. The van der Waals surface area contributed by atoms with Gasteiger partial charge >= 0.3 is 0 Å². The smallest absolute Gasteiger partial charge is 0.146 e. The maximum Gasteiger partial charge on any atom is 0.146 e. The van der Waals surface area contributed by atoms with E-state index in [1.165, 1.54) is 42.4 Å². The lowest BCUT2D eigenvalue weighted by atomic mass is 10.00. The molecule has 0 saturated carbocycles. The van der Waals surface area contributed by atoms with Gasteiger partial charge in [0.05, 0.1) is 5.56 Å². The number of hydrogen-bond donors (Lipinski definition) is 0. The third-order valence-corrected chi connectivity index (χ3v) is 5.95. The van der Waals surface area contributed by atoms with Crippen molar-refractivity contribution in [3.8, 4) is 23.0 Å². The van der Waals surface area contributed by atoms with Gasteiger partial charge in [0.25, 0.3) is 0 Å². The van der Waals surface area contributed by atoms with E-state index in [0.29, 0.717) is 10.9 Å². The monoisotopic (exact) mass is 420 g/mol. The third kappa shape index (κ3) is 5.27. The van der Waals surface area contributed by atoms with E-state index in [0.717, 1.165) is 22.9 Å². The SMILES string of the molecule is CCCCCCc1ccc2c(F)c(C#Cc3ccc(-c4ccc(C)cc4)cc3)ccc2c1. The summed E-state index contributed by atoms with van der Waals surface area (Å²) < 4.78 is 15.1. The minimum absolute atomic E-state index is 0.233. The van der Waals surface area contributed by atoms with Gasteiger partial charge in [-0.05, 0) is 60.0 Å². The Morgan fingerprint density at radius 3 is 2.16 bits per heavy atom. The topological polar surface area (TPSA) is 0 Å². The molecule has 0 spiro atoms. The Labute approximate surface area is 191 Å². The van der Waals surface area contributed by atoms with Crippen LogP contribution in [-0.2, 0) is 6.42 Å². The summed E-state index contributed by atoms with van der Waals surface area (Å²) in [6.07, 6.45) is 6.01. The molecule has 4 aromatic rings. The minimum atomic E-state index is -0.233. The van der Waals surface area contributed by atoms with E-state index < -0.39 is 0 Å². The molecule has 0 heterocycles. The lowest BCUT2D eigenvalue weighted by Gasteiger charge is -2.06. The average molecular weight is 421 g/mol. The van der Waals surface area contributed by atoms with Gasteiger partial charge in [0.15, 0.2) is 0 Å². The average Bonchev–Trinajstić information content (AvgIpc) is 2.82. The Morgan fingerprint density at radius 2 is 1.44 bits per heavy atom. The molecule has 4 rings (SSSR count). The number of benzene rings is 4. The zero-order chi connectivity index (χ0) is 22.3. The summed E-state index contributed by atoms with van der Waals surface area (Å²) >= 11 is 0. The summed E-state index contributed by atoms with van der Waals surface area (Å²) in [4.78, 5) is 0. The van der Waals surface area contributed by atoms with E-state index in [1.54, 1.807) is 6.07 Å². The van der Waals surface area contributed by atoms with Gasteiger partial charge in [0.1, 0.15) is 5.82 Å². The van der Waals surface area contributed by atoms with Crippen LogP contribution in [0.15, 0.2) is 78.9 Å². The summed E-state index contributed by atoms with van der Waals surface area (Å²) in [5.74, 6) is 5.91. The van der Waals surface area contributed by atoms with Crippen LogP contribution in [0.2, 0.25) is 0 Å². The molecule has 0 atom stereocenters. The fourth-order valence-corrected chi connectivity index (χ4v) is 3.98. The number of hydrogen-bond acceptors (Lipinski definition) is 0. The molecular weight excluding hydrogens is 391 g/mol. The molecule has 0 N–H and O–H groups in total. The third-order valence-electron chi connectivity index (χ3n) is 5.95. The highest BCUT2D eigenvalue weighted by Gasteiger charge is 2.07. The number of fused-ring (bicyclic) bond motifs is 1. The first-order chi connectivity index (χ1) is 15.6. The molecule has 0 aromatic heterocycles. The Balaban J connectivity index is 1.51. The van der Waals surface area contributed by atoms with Gasteiger partial charge in [-0.25, -0.2) is 4.39 Å². The van der Waals surface area contributed by atoms with Gasteiger partial charge in [-0.1, -0.05) is 104 Å². The quantitative estimate of drug-likeness (QED) is 0.217. The van der Waals surface area contributed by atoms with Crippen LogP contribution in [-0.4, -0.2) is 0 Å². The van der Waals surface area contributed by atoms with E-state index in [4.69, 9.17) is 0 Å². The van der Waals surface area contributed by atoms with Crippen LogP contribution < -0.4 is 0 Å². The summed E-state index contributed by atoms with van der Waals surface area (Å²) in [7, 11) is 0. The van der Waals surface area contributed by atoms with Gasteiger partial charge in [-0.3, -0.25) is 0 Å². The fraction of sp³-hybridized carbons (Fsp3) is 0.226. The maximum absolute atomic E-state index is 15.1. The van der Waals surface area contributed by atoms with E-state index >= 15 is 4.39 Å². The molecule has 0 aliphatic carbocycles. The van der Waals surface area contributed by atoms with Gasteiger partial charge in [0.2, 0.25) is 0 Å². The van der Waals surface area contributed by atoms with Crippen LogP contribution in [0.25, 0.3) is 21.9 Å². The van der Waals surface area contributed by atoms with Gasteiger partial charge in [-0.15, -0.1) is 0 Å². The van der Waals surface area contributed by atoms with Gasteiger partial charge < -0.3 is 0 Å². The summed E-state index contributed by atoms with van der Waals surface area (Å²) in [6, 6.07) is 26.4. The van der Waals surface area contributed by atoms with Crippen molar-refractivity contribution in [2.45, 2.75) is 46.0 Å². The van der Waals surface area contributed by atoms with Crippen molar-refractivity contribution in [3.05, 3.63) is 107 Å². The molecule has 1 heteroatoms. The zero-order valence-electron chi connectivity index (χ0n) is 18.9. The first-order valence-corrected chi connectivity index (χ1v) is 11.5. The second kappa shape index (κ2) is 10.3. The molecule has 0 amide bonds. The highest BCUT2D eigenvalue weighted by molar-refractivity contribution is 5.85. The number of aryl methyl sites for hydroxylation is 2. The van der Waals surface area contributed by atoms with Crippen molar-refractivity contribution in [1.29, 1.82) is 0 Å². The first kappa shape index (κ1) is 21.8. The molecule has 160 valence electrons. The van der Waals surface area contributed by atoms with Crippen LogP contribution >= 0.6 is 0 Å². The number of rotatable bonds is 6. The van der Waals surface area contributed by atoms with E-state index in [1.807, 2.05) is 24.3 Å². The lowest BCUT2D eigenvalue weighted by Crippen LogP contribution is -1.90.